The Kier molecular flexibility index (Phi) is 6.99. The van der Waals surface area contributed by atoms with Gasteiger partial charge in [0.1, 0.15) is 29.0 Å². The minimum atomic E-state index is -0.323. The molecule has 0 aromatic carbocycles. The monoisotopic (exact) mass is 590 g/mol. The van der Waals surface area contributed by atoms with Crippen LogP contribution >= 0.6 is 11.3 Å². The Hall–Kier alpha value is -4.82. The summed E-state index contributed by atoms with van der Waals surface area (Å²) in [4.78, 5) is 42.5. The third-order valence-electron chi connectivity index (χ3n) is 8.42. The standard InChI is InChI=1S/C32H30N8O2S/c33-16-19-14-25(43-18-19)32(42)39-12-1-2-24(17-39)30-38-27(28-29(34)36-11-13-40(28)30)21-5-7-22(8-6-21)31(41)37-26-15-23(9-10-35-26)20-3-4-20/h5-7,9-11,13-15,18,20,22,24H,1-4,8,12,17H2,(H2,34,36)(H,35,37,41). The first-order valence-corrected chi connectivity index (χ1v) is 15.4. The molecule has 2 fully saturated rings. The lowest BCUT2D eigenvalue weighted by atomic mass is 9.94. The summed E-state index contributed by atoms with van der Waals surface area (Å²) in [5.74, 6) is 1.90. The van der Waals surface area contributed by atoms with Crippen LogP contribution in [0.2, 0.25) is 0 Å². The molecule has 3 aliphatic rings. The van der Waals surface area contributed by atoms with Crippen LogP contribution in [0.1, 0.15) is 76.3 Å². The van der Waals surface area contributed by atoms with Gasteiger partial charge in [0, 0.05) is 43.0 Å². The molecule has 0 spiro atoms. The van der Waals surface area contributed by atoms with E-state index in [2.05, 4.69) is 21.4 Å². The van der Waals surface area contributed by atoms with Gasteiger partial charge in [0.05, 0.1) is 22.1 Å². The van der Waals surface area contributed by atoms with Gasteiger partial charge in [0.25, 0.3) is 5.91 Å². The fourth-order valence-electron chi connectivity index (χ4n) is 6.01. The quantitative estimate of drug-likeness (QED) is 0.317. The normalized spacial score (nSPS) is 20.1. The zero-order valence-corrected chi connectivity index (χ0v) is 24.3. The Labute approximate surface area is 252 Å². The van der Waals surface area contributed by atoms with Gasteiger partial charge in [-0.15, -0.1) is 11.3 Å². The molecule has 4 aromatic rings. The van der Waals surface area contributed by atoms with Crippen LogP contribution < -0.4 is 11.1 Å². The Balaban J connectivity index is 1.11. The van der Waals surface area contributed by atoms with Crippen molar-refractivity contribution in [3.63, 3.8) is 0 Å². The van der Waals surface area contributed by atoms with Crippen LogP contribution in [0.5, 0.6) is 0 Å². The maximum atomic E-state index is 13.2. The second-order valence-corrected chi connectivity index (χ2v) is 12.3. The Morgan fingerprint density at radius 2 is 2.02 bits per heavy atom. The van der Waals surface area contributed by atoms with Crippen molar-refractivity contribution in [3.8, 4) is 6.07 Å². The van der Waals surface area contributed by atoms with E-state index in [1.54, 1.807) is 23.8 Å². The van der Waals surface area contributed by atoms with E-state index in [-0.39, 0.29) is 23.7 Å². The third-order valence-corrected chi connectivity index (χ3v) is 9.34. The van der Waals surface area contributed by atoms with Crippen LogP contribution in [0.3, 0.4) is 0 Å². The van der Waals surface area contributed by atoms with Crippen LogP contribution in [0, 0.1) is 17.2 Å². The van der Waals surface area contributed by atoms with Crippen molar-refractivity contribution in [2.75, 3.05) is 24.1 Å². The number of nitrogen functional groups attached to an aromatic ring is 1. The number of hydrogen-bond acceptors (Lipinski definition) is 8. The van der Waals surface area contributed by atoms with Gasteiger partial charge in [-0.3, -0.25) is 14.0 Å². The zero-order chi connectivity index (χ0) is 29.5. The highest BCUT2D eigenvalue weighted by atomic mass is 32.1. The van der Waals surface area contributed by atoms with Gasteiger partial charge in [-0.2, -0.15) is 5.26 Å². The summed E-state index contributed by atoms with van der Waals surface area (Å²) in [7, 11) is 0. The first-order valence-electron chi connectivity index (χ1n) is 14.5. The van der Waals surface area contributed by atoms with E-state index in [1.807, 2.05) is 45.9 Å². The van der Waals surface area contributed by atoms with E-state index < -0.39 is 0 Å². The minimum absolute atomic E-state index is 0.00162. The Morgan fingerprint density at radius 1 is 1.14 bits per heavy atom. The number of imidazole rings is 1. The van der Waals surface area contributed by atoms with Crippen molar-refractivity contribution < 1.29 is 9.59 Å². The highest BCUT2D eigenvalue weighted by molar-refractivity contribution is 7.12. The second kappa shape index (κ2) is 11.1. The molecule has 1 saturated carbocycles. The number of thiophene rings is 1. The number of anilines is 2. The van der Waals surface area contributed by atoms with Gasteiger partial charge in [0.2, 0.25) is 5.91 Å². The van der Waals surface area contributed by atoms with Crippen LogP contribution in [0.4, 0.5) is 11.6 Å². The lowest BCUT2D eigenvalue weighted by Crippen LogP contribution is -2.39. The SMILES string of the molecule is N#Cc1csc(C(=O)N2CCCC(c3nc(C4=CCC(C(=O)Nc5cc(C6CC6)ccn5)C=C4)c4c(N)nccn34)C2)c1. The smallest absolute Gasteiger partial charge is 0.263 e. The first kappa shape index (κ1) is 27.0. The number of hydrogen-bond donors (Lipinski definition) is 2. The topological polar surface area (TPSA) is 142 Å². The molecule has 4 aromatic heterocycles. The molecule has 2 amide bonds. The predicted molar refractivity (Wildman–Crippen MR) is 164 cm³/mol. The van der Waals surface area contributed by atoms with E-state index in [0.717, 1.165) is 35.4 Å². The van der Waals surface area contributed by atoms with Crippen molar-refractivity contribution in [2.45, 2.75) is 43.9 Å². The van der Waals surface area contributed by atoms with Crippen LogP contribution in [0.25, 0.3) is 11.1 Å². The number of amides is 2. The lowest BCUT2D eigenvalue weighted by molar-refractivity contribution is -0.118. The number of carbonyl (C=O) groups is 2. The number of pyridine rings is 1. The largest absolute Gasteiger partial charge is 0.382 e. The molecule has 2 atom stereocenters. The van der Waals surface area contributed by atoms with Gasteiger partial charge in [0.15, 0.2) is 0 Å². The van der Waals surface area contributed by atoms with Crippen molar-refractivity contribution in [2.24, 2.45) is 5.92 Å². The van der Waals surface area contributed by atoms with Crippen LogP contribution in [0.15, 0.2) is 60.4 Å². The molecule has 1 saturated heterocycles. The lowest BCUT2D eigenvalue weighted by Gasteiger charge is -2.32. The van der Waals surface area contributed by atoms with Crippen LogP contribution in [-0.4, -0.2) is 49.2 Å². The van der Waals surface area contributed by atoms with Crippen LogP contribution in [-0.2, 0) is 4.79 Å². The number of piperidine rings is 1. The van der Waals surface area contributed by atoms with Crippen molar-refractivity contribution in [3.05, 3.63) is 87.9 Å². The van der Waals surface area contributed by atoms with Crippen molar-refractivity contribution >= 4 is 45.9 Å². The second-order valence-electron chi connectivity index (χ2n) is 11.4. The molecule has 10 nitrogen and oxygen atoms in total. The summed E-state index contributed by atoms with van der Waals surface area (Å²) in [5, 5.41) is 13.9. The molecule has 0 bridgehead atoms. The van der Waals surface area contributed by atoms with E-state index in [1.165, 1.54) is 29.7 Å². The van der Waals surface area contributed by atoms with Gasteiger partial charge in [-0.1, -0.05) is 18.2 Å². The van der Waals surface area contributed by atoms with E-state index in [0.29, 0.717) is 47.5 Å². The number of nitrogens with one attached hydrogen (secondary N) is 1. The highest BCUT2D eigenvalue weighted by Gasteiger charge is 2.31. The number of fused-ring (bicyclic) bond motifs is 1. The summed E-state index contributed by atoms with van der Waals surface area (Å²) >= 11 is 1.30. The molecule has 7 rings (SSSR count). The van der Waals surface area contributed by atoms with E-state index >= 15 is 0 Å². The summed E-state index contributed by atoms with van der Waals surface area (Å²) in [5.41, 5.74) is 10.4. The number of likely N-dealkylation sites (tertiary alicyclic amines) is 1. The van der Waals surface area contributed by atoms with E-state index in [9.17, 15) is 9.59 Å². The number of rotatable bonds is 6. The summed E-state index contributed by atoms with van der Waals surface area (Å²) in [6.07, 6.45) is 15.8. The fourth-order valence-corrected chi connectivity index (χ4v) is 6.81. The van der Waals surface area contributed by atoms with Crippen molar-refractivity contribution in [1.29, 1.82) is 5.26 Å². The molecule has 43 heavy (non-hydrogen) atoms. The van der Waals surface area contributed by atoms with E-state index in [4.69, 9.17) is 16.0 Å². The maximum Gasteiger partial charge on any atom is 0.263 e. The molecular formula is C32H30N8O2S. The highest BCUT2D eigenvalue weighted by Crippen LogP contribution is 2.40. The number of nitriles is 1. The molecule has 3 N–H and O–H groups in total. The van der Waals surface area contributed by atoms with Crippen molar-refractivity contribution in [1.82, 2.24) is 24.3 Å². The first-order chi connectivity index (χ1) is 21.0. The molecule has 2 aliphatic carbocycles. The molecule has 11 heteroatoms. The number of allylic oxidation sites excluding steroid dienone is 3. The zero-order valence-electron chi connectivity index (χ0n) is 23.4. The maximum absolute atomic E-state index is 13.2. The number of aromatic nitrogens is 4. The minimum Gasteiger partial charge on any atom is -0.382 e. The molecule has 0 radical (unpaired) electrons. The number of carbonyl (C=O) groups excluding carboxylic acids is 2. The molecule has 216 valence electrons. The Bertz CT molecular complexity index is 1840. The third kappa shape index (κ3) is 5.30. The number of nitrogens with two attached hydrogens (primary N) is 1. The van der Waals surface area contributed by atoms with Gasteiger partial charge in [-0.05, 0) is 67.4 Å². The van der Waals surface area contributed by atoms with Gasteiger partial charge < -0.3 is 16.0 Å². The summed E-state index contributed by atoms with van der Waals surface area (Å²) in [6, 6.07) is 7.75. The average Bonchev–Trinajstić information content (AvgIpc) is 3.65. The van der Waals surface area contributed by atoms with Gasteiger partial charge in [-0.25, -0.2) is 15.0 Å². The summed E-state index contributed by atoms with van der Waals surface area (Å²) < 4.78 is 1.99. The Morgan fingerprint density at radius 3 is 2.79 bits per heavy atom. The molecule has 1 aliphatic heterocycles. The number of nitrogens with zero attached hydrogens (tertiary/aromatic N) is 6. The molecular weight excluding hydrogens is 560 g/mol. The predicted octanol–water partition coefficient (Wildman–Crippen LogP) is 5.14. The summed E-state index contributed by atoms with van der Waals surface area (Å²) in [6.45, 7) is 1.18. The fraction of sp³-hybridized carbons (Fsp3) is 0.312. The van der Waals surface area contributed by atoms with Gasteiger partial charge >= 0.3 is 0 Å². The molecule has 5 heterocycles. The molecule has 2 unspecified atom stereocenters. The average molecular weight is 591 g/mol.